The van der Waals surface area contributed by atoms with Gasteiger partial charge in [0.05, 0.1) is 5.39 Å². The number of benzene rings is 1. The third-order valence-electron chi connectivity index (χ3n) is 1.93. The van der Waals surface area contributed by atoms with Gasteiger partial charge in [-0.05, 0) is 17.1 Å². The minimum atomic E-state index is 0. The average Bonchev–Trinajstić information content (AvgIpc) is 2.18. The van der Waals surface area contributed by atoms with Gasteiger partial charge >= 0.3 is 0 Å². The molecule has 0 radical (unpaired) electrons. The summed E-state index contributed by atoms with van der Waals surface area (Å²) in [4.78, 5) is 4.31. The van der Waals surface area contributed by atoms with Crippen molar-refractivity contribution in [3.63, 3.8) is 0 Å². The molecule has 0 N–H and O–H groups in total. The highest BCUT2D eigenvalue weighted by Crippen LogP contribution is 2.06. The van der Waals surface area contributed by atoms with Gasteiger partial charge < -0.3 is 24.0 Å². The van der Waals surface area contributed by atoms with E-state index >= 15 is 0 Å². The first-order chi connectivity index (χ1) is 6.40. The van der Waals surface area contributed by atoms with Gasteiger partial charge in [0.2, 0.25) is 0 Å². The third-order valence-corrected chi connectivity index (χ3v) is 1.93. The molecule has 0 saturated heterocycles. The van der Waals surface area contributed by atoms with Crippen molar-refractivity contribution in [2.24, 2.45) is 0 Å². The Balaban J connectivity index is 0.000000980. The maximum atomic E-state index is 4.31. The summed E-state index contributed by atoms with van der Waals surface area (Å²) in [7, 11) is 0. The molecular weight excluding hydrogens is 287 g/mol. The topological polar surface area (TPSA) is 16.8 Å². The fourth-order valence-electron chi connectivity index (χ4n) is 1.31. The SMILES string of the molecule is C=CC[n+]1cnc2ccccc2c1.[I-]. The van der Waals surface area contributed by atoms with Gasteiger partial charge in [-0.2, -0.15) is 0 Å². The molecule has 72 valence electrons. The zero-order valence-electron chi connectivity index (χ0n) is 7.73. The third kappa shape index (κ3) is 2.29. The molecule has 0 spiro atoms. The smallest absolute Gasteiger partial charge is 0.287 e. The maximum absolute atomic E-state index is 4.31. The van der Waals surface area contributed by atoms with Crippen LogP contribution in [0.5, 0.6) is 0 Å². The lowest BCUT2D eigenvalue weighted by Gasteiger charge is -1.94. The van der Waals surface area contributed by atoms with E-state index in [1.54, 1.807) is 0 Å². The summed E-state index contributed by atoms with van der Waals surface area (Å²) in [6.07, 6.45) is 5.75. The minimum Gasteiger partial charge on any atom is -1.00 e. The van der Waals surface area contributed by atoms with Crippen LogP contribution in [-0.4, -0.2) is 4.98 Å². The number of hydrogen-bond donors (Lipinski definition) is 0. The molecule has 1 heterocycles. The Bertz CT molecular complexity index is 440. The van der Waals surface area contributed by atoms with Gasteiger partial charge in [-0.25, -0.2) is 4.57 Å². The van der Waals surface area contributed by atoms with Crippen LogP contribution in [0.15, 0.2) is 49.4 Å². The standard InChI is InChI=1S/C11H11N2.HI/c1-2-7-13-8-10-5-3-4-6-11(10)12-9-13;/h2-6,8-9H,1,7H2;1H/q+1;/p-1. The molecule has 2 rings (SSSR count). The summed E-state index contributed by atoms with van der Waals surface area (Å²) in [6, 6.07) is 8.07. The molecule has 0 fully saturated rings. The van der Waals surface area contributed by atoms with Crippen LogP contribution >= 0.6 is 0 Å². The second-order valence-corrected chi connectivity index (χ2v) is 2.92. The Morgan fingerprint density at radius 1 is 1.36 bits per heavy atom. The van der Waals surface area contributed by atoms with Gasteiger partial charge in [0.25, 0.3) is 6.33 Å². The fourth-order valence-corrected chi connectivity index (χ4v) is 1.31. The number of halogens is 1. The van der Waals surface area contributed by atoms with E-state index in [0.717, 1.165) is 17.4 Å². The number of fused-ring (bicyclic) bond motifs is 1. The molecule has 2 aromatic rings. The number of para-hydroxylation sites is 1. The summed E-state index contributed by atoms with van der Waals surface area (Å²) in [5.74, 6) is 0. The number of nitrogens with zero attached hydrogens (tertiary/aromatic N) is 2. The number of allylic oxidation sites excluding steroid dienone is 1. The molecule has 1 aromatic heterocycles. The average molecular weight is 298 g/mol. The maximum Gasteiger partial charge on any atom is 0.287 e. The van der Waals surface area contributed by atoms with Crippen LogP contribution in [-0.2, 0) is 6.54 Å². The molecular formula is C11H11IN2. The van der Waals surface area contributed by atoms with Crippen molar-refractivity contribution in [3.8, 4) is 0 Å². The molecule has 1 aromatic carbocycles. The predicted octanol–water partition coefficient (Wildman–Crippen LogP) is -1.29. The lowest BCUT2D eigenvalue weighted by Crippen LogP contribution is -3.00. The van der Waals surface area contributed by atoms with E-state index < -0.39 is 0 Å². The molecule has 0 amide bonds. The molecule has 0 unspecified atom stereocenters. The van der Waals surface area contributed by atoms with E-state index in [-0.39, 0.29) is 24.0 Å². The molecule has 14 heavy (non-hydrogen) atoms. The van der Waals surface area contributed by atoms with E-state index in [1.807, 2.05) is 35.2 Å². The van der Waals surface area contributed by atoms with Crippen molar-refractivity contribution in [2.75, 3.05) is 0 Å². The van der Waals surface area contributed by atoms with Crippen molar-refractivity contribution in [1.29, 1.82) is 0 Å². The molecule has 0 aliphatic heterocycles. The van der Waals surface area contributed by atoms with Gasteiger partial charge in [0.1, 0.15) is 12.7 Å². The highest BCUT2D eigenvalue weighted by atomic mass is 127. The van der Waals surface area contributed by atoms with Crippen LogP contribution in [0.1, 0.15) is 0 Å². The molecule has 0 aliphatic rings. The minimum absolute atomic E-state index is 0. The Kier molecular flexibility index (Phi) is 4.00. The van der Waals surface area contributed by atoms with Crippen molar-refractivity contribution >= 4 is 10.9 Å². The molecule has 0 saturated carbocycles. The van der Waals surface area contributed by atoms with Gasteiger partial charge in [0, 0.05) is 0 Å². The van der Waals surface area contributed by atoms with Crippen molar-refractivity contribution in [1.82, 2.24) is 4.98 Å². The Morgan fingerprint density at radius 2 is 2.14 bits per heavy atom. The van der Waals surface area contributed by atoms with Crippen molar-refractivity contribution in [2.45, 2.75) is 6.54 Å². The van der Waals surface area contributed by atoms with Crippen LogP contribution < -0.4 is 28.5 Å². The Hall–Kier alpha value is -0.970. The second kappa shape index (κ2) is 5.05. The van der Waals surface area contributed by atoms with Crippen LogP contribution in [0.25, 0.3) is 10.9 Å². The zero-order chi connectivity index (χ0) is 9.10. The van der Waals surface area contributed by atoms with Gasteiger partial charge in [-0.3, -0.25) is 0 Å². The quantitative estimate of drug-likeness (QED) is 0.383. The lowest BCUT2D eigenvalue weighted by molar-refractivity contribution is -0.688. The summed E-state index contributed by atoms with van der Waals surface area (Å²) in [6.45, 7) is 4.49. The summed E-state index contributed by atoms with van der Waals surface area (Å²) in [5, 5.41) is 1.16. The van der Waals surface area contributed by atoms with Crippen LogP contribution in [0.2, 0.25) is 0 Å². The fraction of sp³-hybridized carbons (Fsp3) is 0.0909. The van der Waals surface area contributed by atoms with E-state index in [2.05, 4.69) is 23.8 Å². The largest absolute Gasteiger partial charge is 1.00 e. The van der Waals surface area contributed by atoms with Crippen molar-refractivity contribution < 1.29 is 28.5 Å². The molecule has 3 heteroatoms. The second-order valence-electron chi connectivity index (χ2n) is 2.92. The monoisotopic (exact) mass is 298 g/mol. The zero-order valence-corrected chi connectivity index (χ0v) is 9.89. The van der Waals surface area contributed by atoms with E-state index in [0.29, 0.717) is 0 Å². The summed E-state index contributed by atoms with van der Waals surface area (Å²) in [5.41, 5.74) is 1.03. The van der Waals surface area contributed by atoms with Gasteiger partial charge in [-0.15, -0.1) is 0 Å². The van der Waals surface area contributed by atoms with Gasteiger partial charge in [-0.1, -0.05) is 24.8 Å². The lowest BCUT2D eigenvalue weighted by atomic mass is 10.2. The molecule has 0 bridgehead atoms. The molecule has 2 nitrogen and oxygen atoms in total. The highest BCUT2D eigenvalue weighted by Gasteiger charge is 2.00. The molecule has 0 atom stereocenters. The van der Waals surface area contributed by atoms with Gasteiger partial charge in [0.15, 0.2) is 5.52 Å². The first kappa shape index (κ1) is 11.1. The van der Waals surface area contributed by atoms with E-state index in [9.17, 15) is 0 Å². The van der Waals surface area contributed by atoms with Crippen LogP contribution in [0.4, 0.5) is 0 Å². The predicted molar refractivity (Wildman–Crippen MR) is 52.1 cm³/mol. The number of rotatable bonds is 2. The Labute approximate surface area is 100 Å². The van der Waals surface area contributed by atoms with Crippen LogP contribution in [0, 0.1) is 0 Å². The summed E-state index contributed by atoms with van der Waals surface area (Å²) < 4.78 is 2.01. The number of hydrogen-bond acceptors (Lipinski definition) is 1. The first-order valence-corrected chi connectivity index (χ1v) is 4.25. The molecule has 0 aliphatic carbocycles. The van der Waals surface area contributed by atoms with Crippen LogP contribution in [0.3, 0.4) is 0 Å². The summed E-state index contributed by atoms with van der Waals surface area (Å²) >= 11 is 0. The first-order valence-electron chi connectivity index (χ1n) is 4.25. The highest BCUT2D eigenvalue weighted by molar-refractivity contribution is 5.76. The van der Waals surface area contributed by atoms with Crippen molar-refractivity contribution in [3.05, 3.63) is 49.4 Å². The Morgan fingerprint density at radius 3 is 2.93 bits per heavy atom. The normalized spacial score (nSPS) is 9.43. The number of aromatic nitrogens is 2. The van der Waals surface area contributed by atoms with E-state index in [1.165, 1.54) is 0 Å². The van der Waals surface area contributed by atoms with E-state index in [4.69, 9.17) is 0 Å².